The van der Waals surface area contributed by atoms with Crippen LogP contribution in [-0.4, -0.2) is 30.2 Å². The van der Waals surface area contributed by atoms with Crippen LogP contribution in [0.25, 0.3) is 0 Å². The molecule has 0 amide bonds. The van der Waals surface area contributed by atoms with E-state index in [1.54, 1.807) is 12.1 Å². The van der Waals surface area contributed by atoms with Crippen LogP contribution < -0.4 is 21.4 Å². The van der Waals surface area contributed by atoms with E-state index in [0.29, 0.717) is 24.1 Å². The molecule has 1 saturated carbocycles. The monoisotopic (exact) mass is 553 g/mol. The number of rotatable bonds is 10. The zero-order chi connectivity index (χ0) is 28.4. The van der Waals surface area contributed by atoms with Crippen molar-refractivity contribution in [1.82, 2.24) is 19.1 Å². The molecule has 206 valence electrons. The Balaban J connectivity index is 1.47. The van der Waals surface area contributed by atoms with Gasteiger partial charge in [-0.05, 0) is 54.8 Å². The maximum atomic E-state index is 13.8. The Hall–Kier alpha value is -4.94. The van der Waals surface area contributed by atoms with Gasteiger partial charge < -0.3 is 15.2 Å². The molecule has 5 rings (SSSR count). The van der Waals surface area contributed by atoms with Crippen molar-refractivity contribution in [3.63, 3.8) is 0 Å². The van der Waals surface area contributed by atoms with Gasteiger partial charge in [0.1, 0.15) is 5.75 Å². The molecule has 0 atom stereocenters. The summed E-state index contributed by atoms with van der Waals surface area (Å²) in [6.07, 6.45) is -0.644. The van der Waals surface area contributed by atoms with Crippen LogP contribution in [0, 0.1) is 11.2 Å². The molecular weight excluding hydrogens is 531 g/mol. The van der Waals surface area contributed by atoms with Gasteiger partial charge in [0.2, 0.25) is 5.95 Å². The number of carbonyl (C=O) groups is 1. The lowest BCUT2D eigenvalue weighted by Gasteiger charge is -2.17. The van der Waals surface area contributed by atoms with Crippen molar-refractivity contribution < 1.29 is 27.8 Å². The number of hydrogen-bond donors (Lipinski definition) is 2. The van der Waals surface area contributed by atoms with Gasteiger partial charge in [-0.1, -0.05) is 24.3 Å². The average Bonchev–Trinajstić information content (AvgIpc) is 3.73. The first-order valence-corrected chi connectivity index (χ1v) is 12.1. The van der Waals surface area contributed by atoms with Crippen LogP contribution in [0.15, 0.2) is 76.4 Å². The molecular formula is C27H22F3N5O5. The second kappa shape index (κ2) is 10.7. The summed E-state index contributed by atoms with van der Waals surface area (Å²) in [6, 6.07) is 14.0. The van der Waals surface area contributed by atoms with Crippen LogP contribution in [0.2, 0.25) is 0 Å². The third-order valence-corrected chi connectivity index (χ3v) is 6.54. The standard InChI is InChI=1S/C27H22F3N5O5/c28-20-2-1-13-31-22(20)40-19-9-7-18(8-10-19)32-24-33-25(38)35(15-27(11-12-27)23(36)37)26(39)34(24)14-16-3-5-17(6-4-16)21(29)30/h1-10,13,21H,11-12,14-15H2,(H,36,37)(H,32,33,38). The van der Waals surface area contributed by atoms with E-state index < -0.39 is 35.0 Å². The minimum atomic E-state index is -2.66. The van der Waals surface area contributed by atoms with Gasteiger partial charge in [-0.25, -0.2) is 32.3 Å². The average molecular weight is 553 g/mol. The number of aliphatic carboxylic acids is 1. The molecule has 10 nitrogen and oxygen atoms in total. The maximum absolute atomic E-state index is 13.8. The van der Waals surface area contributed by atoms with E-state index in [2.05, 4.69) is 15.3 Å². The van der Waals surface area contributed by atoms with E-state index in [-0.39, 0.29) is 36.2 Å². The lowest BCUT2D eigenvalue weighted by molar-refractivity contribution is -0.144. The predicted octanol–water partition coefficient (Wildman–Crippen LogP) is 4.33. The quantitative estimate of drug-likeness (QED) is 0.297. The van der Waals surface area contributed by atoms with Crippen LogP contribution >= 0.6 is 0 Å². The fraction of sp³-hybridized carbons (Fsp3) is 0.222. The predicted molar refractivity (Wildman–Crippen MR) is 137 cm³/mol. The van der Waals surface area contributed by atoms with Crippen LogP contribution in [0.4, 0.5) is 24.8 Å². The van der Waals surface area contributed by atoms with Gasteiger partial charge >= 0.3 is 17.3 Å². The summed E-state index contributed by atoms with van der Waals surface area (Å²) < 4.78 is 47.2. The minimum Gasteiger partial charge on any atom is -0.481 e. The Bertz CT molecular complexity index is 1670. The summed E-state index contributed by atoms with van der Waals surface area (Å²) in [5.74, 6) is -1.84. The van der Waals surface area contributed by atoms with Crippen LogP contribution in [-0.2, 0) is 17.9 Å². The van der Waals surface area contributed by atoms with E-state index in [9.17, 15) is 32.7 Å². The van der Waals surface area contributed by atoms with Gasteiger partial charge in [0, 0.05) is 24.0 Å². The van der Waals surface area contributed by atoms with Crippen LogP contribution in [0.1, 0.15) is 30.4 Å². The van der Waals surface area contributed by atoms with Gasteiger partial charge in [0.15, 0.2) is 5.82 Å². The number of halogens is 3. The third kappa shape index (κ3) is 5.58. The highest BCUT2D eigenvalue weighted by Gasteiger charge is 2.51. The number of pyridine rings is 1. The van der Waals surface area contributed by atoms with Crippen molar-refractivity contribution >= 4 is 17.6 Å². The first-order chi connectivity index (χ1) is 19.1. The minimum absolute atomic E-state index is 0.141. The number of nitrogens with zero attached hydrogens (tertiary/aromatic N) is 4. The molecule has 2 heterocycles. The largest absolute Gasteiger partial charge is 0.481 e. The molecule has 2 N–H and O–H groups in total. The second-order valence-corrected chi connectivity index (χ2v) is 9.34. The SMILES string of the molecule is O=C(O)C1(Cn2c(=O)nc(Nc3ccc(Oc4ncccc4F)cc3)n(Cc3ccc(C(F)F)cc3)c2=O)CC1. The summed E-state index contributed by atoms with van der Waals surface area (Å²) in [4.78, 5) is 45.8. The number of carboxylic acid groups (broad SMARTS) is 1. The first kappa shape index (κ1) is 26.7. The summed E-state index contributed by atoms with van der Waals surface area (Å²) in [5, 5.41) is 12.4. The molecule has 1 aliphatic carbocycles. The van der Waals surface area contributed by atoms with Gasteiger partial charge in [0.25, 0.3) is 12.3 Å². The molecule has 0 unspecified atom stereocenters. The number of carboxylic acids is 1. The Kier molecular flexibility index (Phi) is 7.11. The highest BCUT2D eigenvalue weighted by atomic mass is 19.3. The van der Waals surface area contributed by atoms with Crippen molar-refractivity contribution in [1.29, 1.82) is 0 Å². The van der Waals surface area contributed by atoms with Gasteiger partial charge in [-0.15, -0.1) is 0 Å². The van der Waals surface area contributed by atoms with E-state index in [1.165, 1.54) is 54.7 Å². The number of alkyl halides is 2. The fourth-order valence-electron chi connectivity index (χ4n) is 4.04. The molecule has 13 heteroatoms. The van der Waals surface area contributed by atoms with Crippen molar-refractivity contribution in [2.75, 3.05) is 5.32 Å². The van der Waals surface area contributed by atoms with E-state index in [4.69, 9.17) is 4.74 Å². The number of benzene rings is 2. The van der Waals surface area contributed by atoms with Gasteiger partial charge in [-0.2, -0.15) is 4.98 Å². The Morgan fingerprint density at radius 1 is 1.05 bits per heavy atom. The zero-order valence-electron chi connectivity index (χ0n) is 20.8. The second-order valence-electron chi connectivity index (χ2n) is 9.34. The molecule has 2 aromatic heterocycles. The third-order valence-electron chi connectivity index (χ3n) is 6.54. The number of nitrogens with one attached hydrogen (secondary N) is 1. The van der Waals surface area contributed by atoms with E-state index >= 15 is 0 Å². The maximum Gasteiger partial charge on any atom is 0.354 e. The van der Waals surface area contributed by atoms with Crippen molar-refractivity contribution in [3.8, 4) is 11.6 Å². The van der Waals surface area contributed by atoms with Crippen molar-refractivity contribution in [2.24, 2.45) is 5.41 Å². The molecule has 2 aromatic carbocycles. The molecule has 1 aliphatic rings. The van der Waals surface area contributed by atoms with Gasteiger partial charge in [0.05, 0.1) is 12.0 Å². The van der Waals surface area contributed by atoms with Crippen LogP contribution in [0.3, 0.4) is 0 Å². The molecule has 0 radical (unpaired) electrons. The fourth-order valence-corrected chi connectivity index (χ4v) is 4.04. The molecule has 0 aliphatic heterocycles. The highest BCUT2D eigenvalue weighted by molar-refractivity contribution is 5.77. The lowest BCUT2D eigenvalue weighted by atomic mass is 10.1. The highest BCUT2D eigenvalue weighted by Crippen LogP contribution is 2.46. The number of aromatic nitrogens is 4. The normalized spacial score (nSPS) is 13.7. The summed E-state index contributed by atoms with van der Waals surface area (Å²) >= 11 is 0. The van der Waals surface area contributed by atoms with E-state index in [0.717, 1.165) is 9.13 Å². The Labute approximate surface area is 224 Å². The molecule has 0 spiro atoms. The summed E-state index contributed by atoms with van der Waals surface area (Å²) in [7, 11) is 0. The first-order valence-electron chi connectivity index (χ1n) is 12.1. The number of anilines is 2. The smallest absolute Gasteiger partial charge is 0.354 e. The number of ether oxygens (including phenoxy) is 1. The Morgan fingerprint density at radius 2 is 1.75 bits per heavy atom. The summed E-state index contributed by atoms with van der Waals surface area (Å²) in [5.41, 5.74) is -2.28. The van der Waals surface area contributed by atoms with Crippen molar-refractivity contribution in [2.45, 2.75) is 32.4 Å². The molecule has 1 fully saturated rings. The molecule has 40 heavy (non-hydrogen) atoms. The van der Waals surface area contributed by atoms with Crippen LogP contribution in [0.5, 0.6) is 11.6 Å². The van der Waals surface area contributed by atoms with Crippen molar-refractivity contribution in [3.05, 3.63) is 105 Å². The summed E-state index contributed by atoms with van der Waals surface area (Å²) in [6.45, 7) is -0.480. The number of hydrogen-bond acceptors (Lipinski definition) is 7. The lowest BCUT2D eigenvalue weighted by Crippen LogP contribution is -2.45. The van der Waals surface area contributed by atoms with E-state index in [1.807, 2.05) is 0 Å². The molecule has 0 bridgehead atoms. The molecule has 0 saturated heterocycles. The Morgan fingerprint density at radius 3 is 2.35 bits per heavy atom. The van der Waals surface area contributed by atoms with Gasteiger partial charge in [-0.3, -0.25) is 9.36 Å². The topological polar surface area (TPSA) is 128 Å². The zero-order valence-corrected chi connectivity index (χ0v) is 20.8. The molecule has 4 aromatic rings.